The Bertz CT molecular complexity index is 929. The second-order valence-corrected chi connectivity index (χ2v) is 7.07. The molecule has 4 rings (SSSR count). The van der Waals surface area contributed by atoms with Crippen molar-refractivity contribution in [3.8, 4) is 0 Å². The molecule has 0 saturated carbocycles. The second-order valence-electron chi connectivity index (χ2n) is 7.07. The molecule has 0 aliphatic rings. The van der Waals surface area contributed by atoms with Gasteiger partial charge in [0.05, 0.1) is 0 Å². The third-order valence-corrected chi connectivity index (χ3v) is 5.48. The van der Waals surface area contributed by atoms with Crippen LogP contribution in [0, 0.1) is 23.3 Å². The second kappa shape index (κ2) is 9.21. The predicted octanol–water partition coefficient (Wildman–Crippen LogP) is 0.737. The third kappa shape index (κ3) is 4.11. The molecule has 0 amide bonds. The molecule has 0 saturated heterocycles. The van der Waals surface area contributed by atoms with E-state index in [4.69, 9.17) is 0 Å². The minimum Gasteiger partial charge on any atom is -1.00 e. The van der Waals surface area contributed by atoms with Crippen LogP contribution in [-0.4, -0.2) is 6.15 Å². The Hall–Kier alpha value is -2.34. The van der Waals surface area contributed by atoms with Crippen LogP contribution in [0.25, 0.3) is 0 Å². The van der Waals surface area contributed by atoms with Crippen molar-refractivity contribution in [3.05, 3.63) is 120 Å². The van der Waals surface area contributed by atoms with E-state index in [1.54, 1.807) is 48.5 Å². The van der Waals surface area contributed by atoms with Crippen LogP contribution < -0.4 is 51.4 Å². The summed E-state index contributed by atoms with van der Waals surface area (Å²) < 4.78 is 54.8. The van der Waals surface area contributed by atoms with Crippen molar-refractivity contribution in [2.45, 2.75) is 0 Å². The van der Waals surface area contributed by atoms with Crippen LogP contribution in [0.5, 0.6) is 0 Å². The smallest absolute Gasteiger partial charge is 1.00 e. The molecule has 0 nitrogen and oxygen atoms in total. The quantitative estimate of drug-likeness (QED) is 0.341. The summed E-state index contributed by atoms with van der Waals surface area (Å²) in [5, 5.41) is 0. The number of rotatable bonds is 4. The van der Waals surface area contributed by atoms with Crippen molar-refractivity contribution in [2.24, 2.45) is 0 Å². The predicted molar refractivity (Wildman–Crippen MR) is 111 cm³/mol. The standard InChI is InChI=1S/C24H16BF4.Na.H/c26-21-9-1-17(2-10-21)25(18-3-11-22(27)12-4-18,19-5-13-23(28)14-6-19)20-7-15-24(29)16-8-20;;/h1-16H;;/q-1;+1;-1. The Morgan fingerprint density at radius 3 is 0.700 bits per heavy atom. The van der Waals surface area contributed by atoms with Gasteiger partial charge < -0.3 is 1.43 Å². The number of benzene rings is 4. The first-order chi connectivity index (χ1) is 14.0. The minimum atomic E-state index is -1.94. The molecule has 0 heterocycles. The zero-order valence-corrected chi connectivity index (χ0v) is 18.3. The van der Waals surface area contributed by atoms with Crippen LogP contribution in [0.3, 0.4) is 0 Å². The van der Waals surface area contributed by atoms with Crippen LogP contribution in [0.4, 0.5) is 17.6 Å². The summed E-state index contributed by atoms with van der Waals surface area (Å²) in [6, 6.07) is 24.1. The molecular weight excluding hydrogens is 398 g/mol. The molecule has 146 valence electrons. The van der Waals surface area contributed by atoms with Crippen molar-refractivity contribution >= 4 is 28.0 Å². The summed E-state index contributed by atoms with van der Waals surface area (Å²) in [6.07, 6.45) is -1.94. The van der Waals surface area contributed by atoms with Crippen molar-refractivity contribution in [2.75, 3.05) is 0 Å². The Morgan fingerprint density at radius 2 is 0.533 bits per heavy atom. The molecule has 4 aromatic rings. The van der Waals surface area contributed by atoms with Crippen LogP contribution in [0.1, 0.15) is 1.43 Å². The molecule has 0 atom stereocenters. The van der Waals surface area contributed by atoms with Gasteiger partial charge in [0.1, 0.15) is 29.4 Å². The summed E-state index contributed by atoms with van der Waals surface area (Å²) in [7, 11) is 0. The molecule has 0 N–H and O–H groups in total. The first-order valence-corrected chi connectivity index (χ1v) is 9.20. The van der Waals surface area contributed by atoms with E-state index in [2.05, 4.69) is 0 Å². The van der Waals surface area contributed by atoms with Gasteiger partial charge in [-0.25, -0.2) is 17.6 Å². The van der Waals surface area contributed by atoms with E-state index in [-0.39, 0.29) is 31.0 Å². The van der Waals surface area contributed by atoms with Crippen LogP contribution in [0.2, 0.25) is 0 Å². The van der Waals surface area contributed by atoms with Gasteiger partial charge >= 0.3 is 29.6 Å². The van der Waals surface area contributed by atoms with Crippen LogP contribution >= 0.6 is 0 Å². The summed E-state index contributed by atoms with van der Waals surface area (Å²) >= 11 is 0. The van der Waals surface area contributed by atoms with Crippen molar-refractivity contribution in [1.29, 1.82) is 0 Å². The Balaban J connectivity index is 0.00000171. The van der Waals surface area contributed by atoms with E-state index in [1.807, 2.05) is 0 Å². The Kier molecular flexibility index (Phi) is 6.86. The number of hydrogen-bond acceptors (Lipinski definition) is 0. The molecule has 0 spiro atoms. The maximum absolute atomic E-state index is 13.7. The van der Waals surface area contributed by atoms with Gasteiger partial charge in [-0.1, -0.05) is 48.5 Å². The molecule has 0 aliphatic carbocycles. The topological polar surface area (TPSA) is 0 Å². The maximum atomic E-state index is 13.7. The van der Waals surface area contributed by atoms with Crippen molar-refractivity contribution in [3.63, 3.8) is 0 Å². The maximum Gasteiger partial charge on any atom is 1.00 e. The first kappa shape index (κ1) is 22.4. The molecule has 0 fully saturated rings. The van der Waals surface area contributed by atoms with Crippen molar-refractivity contribution in [1.82, 2.24) is 0 Å². The first-order valence-electron chi connectivity index (χ1n) is 9.20. The van der Waals surface area contributed by atoms with E-state index in [0.29, 0.717) is 0 Å². The van der Waals surface area contributed by atoms with Crippen molar-refractivity contribution < 1.29 is 48.5 Å². The Labute approximate surface area is 196 Å². The van der Waals surface area contributed by atoms with Gasteiger partial charge in [-0.05, 0) is 48.5 Å². The largest absolute Gasteiger partial charge is 1.00 e. The fraction of sp³-hybridized carbons (Fsp3) is 0. The van der Waals surface area contributed by atoms with E-state index in [0.717, 1.165) is 21.9 Å². The normalized spacial score (nSPS) is 11.1. The summed E-state index contributed by atoms with van der Waals surface area (Å²) in [6.45, 7) is 0. The van der Waals surface area contributed by atoms with Gasteiger partial charge in [0.25, 0.3) is 0 Å². The van der Waals surface area contributed by atoms with E-state index >= 15 is 0 Å². The molecule has 0 bridgehead atoms. The SMILES string of the molecule is Fc1ccc([B-](c2ccc(F)cc2)(c2ccc(F)cc2)c2ccc(F)cc2)cc1.[H-].[Na+]. The van der Waals surface area contributed by atoms with Gasteiger partial charge in [-0.15, -0.1) is 0 Å². The number of hydrogen-bond donors (Lipinski definition) is 0. The summed E-state index contributed by atoms with van der Waals surface area (Å²) in [5.41, 5.74) is 2.99. The van der Waals surface area contributed by atoms with Gasteiger partial charge in [0.2, 0.25) is 0 Å². The number of halogens is 4. The molecule has 0 aromatic heterocycles. The third-order valence-electron chi connectivity index (χ3n) is 5.48. The minimum absolute atomic E-state index is 0. The molecule has 0 unspecified atom stereocenters. The zero-order valence-electron chi connectivity index (χ0n) is 17.3. The van der Waals surface area contributed by atoms with Gasteiger partial charge in [0, 0.05) is 0 Å². The van der Waals surface area contributed by atoms with E-state index in [1.165, 1.54) is 48.5 Å². The zero-order chi connectivity index (χ0) is 20.4. The average molecular weight is 415 g/mol. The monoisotopic (exact) mass is 415 g/mol. The molecule has 0 radical (unpaired) electrons. The molecule has 6 heteroatoms. The fourth-order valence-corrected chi connectivity index (χ4v) is 4.16. The Morgan fingerprint density at radius 1 is 0.367 bits per heavy atom. The van der Waals surface area contributed by atoms with Gasteiger partial charge in [-0.2, -0.15) is 21.9 Å². The fourth-order valence-electron chi connectivity index (χ4n) is 4.16. The van der Waals surface area contributed by atoms with Crippen LogP contribution in [0.15, 0.2) is 97.1 Å². The molecular formula is C24H17BF4Na-. The summed E-state index contributed by atoms with van der Waals surface area (Å²) in [4.78, 5) is 0. The molecule has 0 aliphatic heterocycles. The average Bonchev–Trinajstić information content (AvgIpc) is 2.73. The molecule has 30 heavy (non-hydrogen) atoms. The molecule has 4 aromatic carbocycles. The van der Waals surface area contributed by atoms with Gasteiger partial charge in [-0.3, -0.25) is 0 Å². The van der Waals surface area contributed by atoms with Gasteiger partial charge in [0.15, 0.2) is 0 Å². The summed E-state index contributed by atoms with van der Waals surface area (Å²) in [5.74, 6) is -1.57. The van der Waals surface area contributed by atoms with E-state index < -0.39 is 29.4 Å². The van der Waals surface area contributed by atoms with Crippen LogP contribution in [-0.2, 0) is 0 Å². The van der Waals surface area contributed by atoms with E-state index in [9.17, 15) is 17.6 Å².